The first kappa shape index (κ1) is 21.2. The lowest BCUT2D eigenvalue weighted by molar-refractivity contribution is -0.927. The van der Waals surface area contributed by atoms with Gasteiger partial charge < -0.3 is 14.2 Å². The summed E-state index contributed by atoms with van der Waals surface area (Å²) in [5, 5.41) is 4.36. The Morgan fingerprint density at radius 2 is 1.97 bits per heavy atom. The Balaban J connectivity index is 1.30. The number of hydrogen-bond acceptors (Lipinski definition) is 2. The van der Waals surface area contributed by atoms with Crippen LogP contribution < -0.4 is 5.32 Å². The van der Waals surface area contributed by atoms with Crippen molar-refractivity contribution in [3.05, 3.63) is 47.7 Å². The van der Waals surface area contributed by atoms with Crippen molar-refractivity contribution >= 4 is 16.9 Å². The number of carbonyl (C=O) groups is 1. The third-order valence-corrected chi connectivity index (χ3v) is 7.30. The van der Waals surface area contributed by atoms with Crippen LogP contribution in [0.1, 0.15) is 63.9 Å². The van der Waals surface area contributed by atoms with E-state index in [1.807, 2.05) is 24.3 Å². The third-order valence-electron chi connectivity index (χ3n) is 7.30. The predicted molar refractivity (Wildman–Crippen MR) is 122 cm³/mol. The number of likely N-dealkylation sites (tertiary alicyclic amines) is 1. The van der Waals surface area contributed by atoms with Crippen LogP contribution in [0.2, 0.25) is 0 Å². The van der Waals surface area contributed by atoms with Gasteiger partial charge in [-0.05, 0) is 55.9 Å². The summed E-state index contributed by atoms with van der Waals surface area (Å²) in [7, 11) is 0. The van der Waals surface area contributed by atoms with E-state index in [0.717, 1.165) is 29.4 Å². The largest absolute Gasteiger partial charge is 0.464 e. The summed E-state index contributed by atoms with van der Waals surface area (Å²) in [5.74, 6) is 0.132. The first-order valence-electron chi connectivity index (χ1n) is 11.9. The number of amides is 1. The molecular weight excluding hydrogens is 372 g/mol. The van der Waals surface area contributed by atoms with Crippen LogP contribution in [0.4, 0.5) is 0 Å². The molecule has 2 heterocycles. The molecule has 4 rings (SSSR count). The van der Waals surface area contributed by atoms with E-state index in [4.69, 9.17) is 4.42 Å². The Bertz CT molecular complexity index is 874. The fourth-order valence-electron chi connectivity index (χ4n) is 5.34. The molecular formula is C26H37N2O2+. The summed E-state index contributed by atoms with van der Waals surface area (Å²) in [6.07, 6.45) is 14.9. The van der Waals surface area contributed by atoms with Gasteiger partial charge in [-0.2, -0.15) is 0 Å². The number of benzene rings is 1. The average Bonchev–Trinajstić information content (AvgIpc) is 3.21. The van der Waals surface area contributed by atoms with Crippen molar-refractivity contribution in [1.82, 2.24) is 5.32 Å². The number of piperidine rings is 1. The van der Waals surface area contributed by atoms with E-state index in [1.54, 1.807) is 11.8 Å². The summed E-state index contributed by atoms with van der Waals surface area (Å²) in [6.45, 7) is 7.11. The maximum absolute atomic E-state index is 12.7. The molecule has 4 nitrogen and oxygen atoms in total. The molecule has 0 radical (unpaired) electrons. The van der Waals surface area contributed by atoms with Gasteiger partial charge in [-0.25, -0.2) is 0 Å². The molecule has 30 heavy (non-hydrogen) atoms. The maximum atomic E-state index is 12.7. The molecule has 2 aliphatic rings. The minimum absolute atomic E-state index is 0.132. The van der Waals surface area contributed by atoms with Gasteiger partial charge in [0.15, 0.2) is 0 Å². The van der Waals surface area contributed by atoms with E-state index < -0.39 is 0 Å². The molecule has 1 fully saturated rings. The van der Waals surface area contributed by atoms with Crippen molar-refractivity contribution in [3.63, 3.8) is 0 Å². The zero-order valence-electron chi connectivity index (χ0n) is 18.5. The van der Waals surface area contributed by atoms with Gasteiger partial charge >= 0.3 is 0 Å². The molecule has 1 aromatic carbocycles. The Labute approximate surface area is 180 Å². The fourth-order valence-corrected chi connectivity index (χ4v) is 5.34. The van der Waals surface area contributed by atoms with E-state index in [1.165, 1.54) is 69.2 Å². The van der Waals surface area contributed by atoms with Gasteiger partial charge in [0.25, 0.3) is 0 Å². The number of fused-ring (bicyclic) bond motifs is 1. The molecule has 1 amide bonds. The van der Waals surface area contributed by atoms with E-state index >= 15 is 0 Å². The molecule has 1 N–H and O–H groups in total. The fraction of sp³-hybridized carbons (Fsp3) is 0.577. The summed E-state index contributed by atoms with van der Waals surface area (Å²) in [4.78, 5) is 12.7. The number of likely N-dealkylation sites (N-methyl/N-ethyl adjacent to an activating group) is 1. The number of furan rings is 1. The van der Waals surface area contributed by atoms with Crippen LogP contribution in [-0.2, 0) is 11.2 Å². The summed E-state index contributed by atoms with van der Waals surface area (Å²) < 4.78 is 6.66. The normalized spacial score (nSPS) is 27.1. The van der Waals surface area contributed by atoms with Crippen molar-refractivity contribution in [2.24, 2.45) is 0 Å². The number of quaternary nitrogens is 1. The topological polar surface area (TPSA) is 42.2 Å². The molecule has 0 atom stereocenters. The molecule has 162 valence electrons. The first-order valence-corrected chi connectivity index (χ1v) is 11.9. The Hall–Kier alpha value is -2.07. The van der Waals surface area contributed by atoms with Crippen LogP contribution in [0.3, 0.4) is 0 Å². The molecule has 0 bridgehead atoms. The second-order valence-electron chi connectivity index (χ2n) is 9.35. The standard InChI is InChI=1S/C26H36N2O2/c1-2-28(20-21-9-6-4-3-5-7-10-21)16-13-23(14-17-28)27-26(29)19-22-11-8-12-25-24(22)15-18-30-25/h8-9,11-12,15,18,23H,2-7,10,13-14,16-17,19-20H2,1H3/p+1/b21-9+. The van der Waals surface area contributed by atoms with E-state index in [-0.39, 0.29) is 5.91 Å². The van der Waals surface area contributed by atoms with Crippen LogP contribution in [0, 0.1) is 0 Å². The highest BCUT2D eigenvalue weighted by atomic mass is 16.3. The molecule has 1 saturated heterocycles. The minimum atomic E-state index is 0.132. The number of hydrogen-bond donors (Lipinski definition) is 1. The molecule has 1 aliphatic carbocycles. The van der Waals surface area contributed by atoms with Crippen molar-refractivity contribution < 1.29 is 13.7 Å². The summed E-state index contributed by atoms with van der Waals surface area (Å²) in [5.41, 5.74) is 3.59. The van der Waals surface area contributed by atoms with Gasteiger partial charge in [0.2, 0.25) is 5.91 Å². The van der Waals surface area contributed by atoms with Gasteiger partial charge in [-0.1, -0.05) is 31.1 Å². The monoisotopic (exact) mass is 409 g/mol. The second kappa shape index (κ2) is 9.82. The summed E-state index contributed by atoms with van der Waals surface area (Å²) in [6, 6.07) is 8.21. The van der Waals surface area contributed by atoms with Crippen LogP contribution in [-0.4, -0.2) is 42.6 Å². The number of allylic oxidation sites excluding steroid dienone is 1. The smallest absolute Gasteiger partial charge is 0.224 e. The summed E-state index contributed by atoms with van der Waals surface area (Å²) >= 11 is 0. The molecule has 0 saturated carbocycles. The zero-order chi connectivity index (χ0) is 20.8. The number of nitrogens with zero attached hydrogens (tertiary/aromatic N) is 1. The average molecular weight is 410 g/mol. The molecule has 1 aliphatic heterocycles. The third kappa shape index (κ3) is 5.15. The molecule has 0 spiro atoms. The van der Waals surface area contributed by atoms with Crippen molar-refractivity contribution in [2.45, 2.75) is 70.8 Å². The quantitative estimate of drug-likeness (QED) is 0.515. The first-order chi connectivity index (χ1) is 14.7. The van der Waals surface area contributed by atoms with E-state index in [0.29, 0.717) is 12.5 Å². The zero-order valence-corrected chi connectivity index (χ0v) is 18.5. The van der Waals surface area contributed by atoms with Gasteiger partial charge in [-0.3, -0.25) is 4.79 Å². The highest BCUT2D eigenvalue weighted by Gasteiger charge is 2.33. The Kier molecular flexibility index (Phi) is 6.93. The minimum Gasteiger partial charge on any atom is -0.464 e. The van der Waals surface area contributed by atoms with Gasteiger partial charge in [0.05, 0.1) is 32.3 Å². The highest BCUT2D eigenvalue weighted by Crippen LogP contribution is 2.26. The molecule has 1 aromatic heterocycles. The maximum Gasteiger partial charge on any atom is 0.224 e. The lowest BCUT2D eigenvalue weighted by atomic mass is 9.96. The second-order valence-corrected chi connectivity index (χ2v) is 9.35. The van der Waals surface area contributed by atoms with Crippen LogP contribution in [0.15, 0.2) is 46.6 Å². The van der Waals surface area contributed by atoms with Crippen molar-refractivity contribution in [1.29, 1.82) is 0 Å². The number of rotatable bonds is 6. The molecule has 4 heteroatoms. The predicted octanol–water partition coefficient (Wildman–Crippen LogP) is 5.37. The van der Waals surface area contributed by atoms with Crippen LogP contribution in [0.5, 0.6) is 0 Å². The van der Waals surface area contributed by atoms with Gasteiger partial charge in [0.1, 0.15) is 12.1 Å². The number of nitrogens with one attached hydrogen (secondary N) is 1. The lowest BCUT2D eigenvalue weighted by Crippen LogP contribution is -2.57. The van der Waals surface area contributed by atoms with E-state index in [9.17, 15) is 4.79 Å². The SMILES string of the molecule is CC[N+]1(C/C2=C/CCCCCC2)CCC(NC(=O)Cc2cccc3occc23)CC1. The Morgan fingerprint density at radius 3 is 2.80 bits per heavy atom. The number of carbonyl (C=O) groups excluding carboxylic acids is 1. The molecule has 0 unspecified atom stereocenters. The Morgan fingerprint density at radius 1 is 1.13 bits per heavy atom. The van der Waals surface area contributed by atoms with Crippen LogP contribution in [0.25, 0.3) is 11.0 Å². The van der Waals surface area contributed by atoms with Crippen LogP contribution >= 0.6 is 0 Å². The van der Waals surface area contributed by atoms with Crippen molar-refractivity contribution in [2.75, 3.05) is 26.2 Å². The molecule has 2 aromatic rings. The van der Waals surface area contributed by atoms with Gasteiger partial charge in [0, 0.05) is 24.3 Å². The van der Waals surface area contributed by atoms with Crippen molar-refractivity contribution in [3.8, 4) is 0 Å². The van der Waals surface area contributed by atoms with E-state index in [2.05, 4.69) is 18.3 Å². The lowest BCUT2D eigenvalue weighted by Gasteiger charge is -2.44. The van der Waals surface area contributed by atoms with Gasteiger partial charge in [-0.15, -0.1) is 0 Å². The highest BCUT2D eigenvalue weighted by molar-refractivity contribution is 5.87.